The summed E-state index contributed by atoms with van der Waals surface area (Å²) in [5.41, 5.74) is 0.406. The Labute approximate surface area is 107 Å². The number of carbonyl (C=O) groups excluding carboxylic acids is 1. The van der Waals surface area contributed by atoms with Crippen molar-refractivity contribution in [2.24, 2.45) is 0 Å². The molecule has 1 aromatic rings. The molecule has 0 heterocycles. The van der Waals surface area contributed by atoms with E-state index in [0.29, 0.717) is 30.0 Å². The predicted molar refractivity (Wildman–Crippen MR) is 69.9 cm³/mol. The highest BCUT2D eigenvalue weighted by atomic mass is 16.5. The number of ether oxygens (including phenoxy) is 2. The smallest absolute Gasteiger partial charge is 0.258 e. The van der Waals surface area contributed by atoms with Crippen LogP contribution in [0.25, 0.3) is 0 Å². The highest BCUT2D eigenvalue weighted by molar-refractivity contribution is 5.99. The third kappa shape index (κ3) is 3.42. The first kappa shape index (κ1) is 13.9. The van der Waals surface area contributed by atoms with Gasteiger partial charge >= 0.3 is 0 Å². The van der Waals surface area contributed by atoms with Crippen molar-refractivity contribution in [1.29, 1.82) is 0 Å². The molecule has 1 aromatic carbocycles. The minimum absolute atomic E-state index is 0.221. The van der Waals surface area contributed by atoms with Gasteiger partial charge in [-0.25, -0.2) is 0 Å². The van der Waals surface area contributed by atoms with Crippen LogP contribution in [0.2, 0.25) is 0 Å². The van der Waals surface area contributed by atoms with Crippen molar-refractivity contribution in [3.05, 3.63) is 23.8 Å². The molecule has 18 heavy (non-hydrogen) atoms. The third-order valence-corrected chi connectivity index (χ3v) is 2.44. The Hall–Kier alpha value is -2.15. The third-order valence-electron chi connectivity index (χ3n) is 2.44. The van der Waals surface area contributed by atoms with Gasteiger partial charge in [0.25, 0.3) is 5.91 Å². The van der Waals surface area contributed by atoms with E-state index >= 15 is 0 Å². The maximum absolute atomic E-state index is 12.0. The molecular weight excluding hydrogens is 230 g/mol. The zero-order valence-electron chi connectivity index (χ0n) is 10.7. The molecule has 0 spiro atoms. The monoisotopic (exact) mass is 247 g/mol. The lowest BCUT2D eigenvalue weighted by atomic mass is 10.1. The van der Waals surface area contributed by atoms with E-state index in [9.17, 15) is 4.79 Å². The first-order chi connectivity index (χ1) is 8.74. The Morgan fingerprint density at radius 1 is 1.33 bits per heavy atom. The molecule has 0 aliphatic heterocycles. The Bertz CT molecular complexity index is 427. The molecule has 0 atom stereocenters. The van der Waals surface area contributed by atoms with Gasteiger partial charge in [0, 0.05) is 13.0 Å². The van der Waals surface area contributed by atoms with Crippen LogP contribution in [0.3, 0.4) is 0 Å². The lowest BCUT2D eigenvalue weighted by molar-refractivity contribution is 0.0947. The topological polar surface area (TPSA) is 47.6 Å². The molecule has 96 valence electrons. The minimum atomic E-state index is -0.221. The van der Waals surface area contributed by atoms with E-state index < -0.39 is 0 Å². The number of hydrogen-bond donors (Lipinski definition) is 1. The second kappa shape index (κ2) is 7.23. The Morgan fingerprint density at radius 2 is 1.94 bits per heavy atom. The van der Waals surface area contributed by atoms with E-state index in [-0.39, 0.29) is 5.91 Å². The van der Waals surface area contributed by atoms with Gasteiger partial charge < -0.3 is 14.8 Å². The SMILES string of the molecule is C#CCCCNC(=O)c1c(OC)cccc1OC. The van der Waals surface area contributed by atoms with Crippen molar-refractivity contribution in [3.63, 3.8) is 0 Å². The molecule has 4 heteroatoms. The number of nitrogens with one attached hydrogen (secondary N) is 1. The molecule has 0 aliphatic rings. The molecule has 4 nitrogen and oxygen atoms in total. The van der Waals surface area contributed by atoms with Crippen molar-refractivity contribution in [2.45, 2.75) is 12.8 Å². The van der Waals surface area contributed by atoms with Crippen LogP contribution in [0.4, 0.5) is 0 Å². The summed E-state index contributed by atoms with van der Waals surface area (Å²) >= 11 is 0. The summed E-state index contributed by atoms with van der Waals surface area (Å²) in [5, 5.41) is 2.79. The molecule has 1 rings (SSSR count). The van der Waals surface area contributed by atoms with Crippen LogP contribution in [0.15, 0.2) is 18.2 Å². The average Bonchev–Trinajstić information content (AvgIpc) is 2.42. The Balaban J connectivity index is 2.80. The lowest BCUT2D eigenvalue weighted by Crippen LogP contribution is -2.25. The van der Waals surface area contributed by atoms with Gasteiger partial charge in [-0.1, -0.05) is 6.07 Å². The number of hydrogen-bond acceptors (Lipinski definition) is 3. The average molecular weight is 247 g/mol. The molecule has 0 aliphatic carbocycles. The van der Waals surface area contributed by atoms with E-state index in [1.807, 2.05) is 0 Å². The van der Waals surface area contributed by atoms with Gasteiger partial charge in [0.05, 0.1) is 14.2 Å². The fraction of sp³-hybridized carbons (Fsp3) is 0.357. The maximum atomic E-state index is 12.0. The first-order valence-electron chi connectivity index (χ1n) is 5.67. The lowest BCUT2D eigenvalue weighted by Gasteiger charge is -2.12. The number of rotatable bonds is 6. The van der Waals surface area contributed by atoms with Gasteiger partial charge in [0.2, 0.25) is 0 Å². The molecule has 1 amide bonds. The second-order valence-corrected chi connectivity index (χ2v) is 3.60. The van der Waals surface area contributed by atoms with Gasteiger partial charge in [0.1, 0.15) is 17.1 Å². The summed E-state index contributed by atoms with van der Waals surface area (Å²) in [4.78, 5) is 12.0. The van der Waals surface area contributed by atoms with E-state index in [2.05, 4.69) is 11.2 Å². The van der Waals surface area contributed by atoms with Gasteiger partial charge in [0.15, 0.2) is 0 Å². The molecule has 0 bridgehead atoms. The van der Waals surface area contributed by atoms with Crippen LogP contribution < -0.4 is 14.8 Å². The highest BCUT2D eigenvalue weighted by Gasteiger charge is 2.17. The molecule has 0 aromatic heterocycles. The van der Waals surface area contributed by atoms with Gasteiger partial charge in [-0.15, -0.1) is 12.3 Å². The van der Waals surface area contributed by atoms with Crippen LogP contribution in [-0.4, -0.2) is 26.7 Å². The summed E-state index contributed by atoms with van der Waals surface area (Å²) in [5.74, 6) is 3.28. The van der Waals surface area contributed by atoms with E-state index in [4.69, 9.17) is 15.9 Å². The number of carbonyl (C=O) groups is 1. The number of amides is 1. The summed E-state index contributed by atoms with van der Waals surface area (Å²) in [7, 11) is 3.04. The fourth-order valence-corrected chi connectivity index (χ4v) is 1.56. The highest BCUT2D eigenvalue weighted by Crippen LogP contribution is 2.27. The Kier molecular flexibility index (Phi) is 5.59. The van der Waals surface area contributed by atoms with E-state index in [1.54, 1.807) is 18.2 Å². The van der Waals surface area contributed by atoms with Crippen LogP contribution in [-0.2, 0) is 0 Å². The standard InChI is InChI=1S/C14H17NO3/c1-4-5-6-10-15-14(16)13-11(17-2)8-7-9-12(13)18-3/h1,7-9H,5-6,10H2,2-3H3,(H,15,16). The molecule has 1 N–H and O–H groups in total. The maximum Gasteiger partial charge on any atom is 0.258 e. The zero-order chi connectivity index (χ0) is 13.4. The van der Waals surface area contributed by atoms with Gasteiger partial charge in [-0.2, -0.15) is 0 Å². The largest absolute Gasteiger partial charge is 0.496 e. The van der Waals surface area contributed by atoms with Crippen molar-refractivity contribution in [1.82, 2.24) is 5.32 Å². The number of unbranched alkanes of at least 4 members (excludes halogenated alkanes) is 1. The van der Waals surface area contributed by atoms with Crippen LogP contribution in [0, 0.1) is 12.3 Å². The molecule has 0 unspecified atom stereocenters. The molecule has 0 saturated carbocycles. The number of benzene rings is 1. The summed E-state index contributed by atoms with van der Waals surface area (Å²) in [6, 6.07) is 5.21. The van der Waals surface area contributed by atoms with Crippen molar-refractivity contribution in [2.75, 3.05) is 20.8 Å². The molecule has 0 fully saturated rings. The number of methoxy groups -OCH3 is 2. The molecule has 0 radical (unpaired) electrons. The van der Waals surface area contributed by atoms with Crippen molar-refractivity contribution >= 4 is 5.91 Å². The molecular formula is C14H17NO3. The van der Waals surface area contributed by atoms with Gasteiger partial charge in [-0.05, 0) is 18.6 Å². The Morgan fingerprint density at radius 3 is 2.44 bits per heavy atom. The normalized spacial score (nSPS) is 9.39. The van der Waals surface area contributed by atoms with Crippen LogP contribution in [0.5, 0.6) is 11.5 Å². The van der Waals surface area contributed by atoms with Crippen molar-refractivity contribution < 1.29 is 14.3 Å². The summed E-state index contributed by atoms with van der Waals surface area (Å²) in [6.07, 6.45) is 6.54. The predicted octanol–water partition coefficient (Wildman–Crippen LogP) is 1.85. The molecule has 0 saturated heterocycles. The number of terminal acetylenes is 1. The van der Waals surface area contributed by atoms with Crippen LogP contribution >= 0.6 is 0 Å². The quantitative estimate of drug-likeness (QED) is 0.616. The second-order valence-electron chi connectivity index (χ2n) is 3.60. The minimum Gasteiger partial charge on any atom is -0.496 e. The fourth-order valence-electron chi connectivity index (χ4n) is 1.56. The van der Waals surface area contributed by atoms with Crippen molar-refractivity contribution in [3.8, 4) is 23.8 Å². The summed E-state index contributed by atoms with van der Waals surface area (Å²) in [6.45, 7) is 0.532. The van der Waals surface area contributed by atoms with E-state index in [1.165, 1.54) is 14.2 Å². The van der Waals surface area contributed by atoms with Gasteiger partial charge in [-0.3, -0.25) is 4.79 Å². The van der Waals surface area contributed by atoms with E-state index in [0.717, 1.165) is 6.42 Å². The van der Waals surface area contributed by atoms with Crippen LogP contribution in [0.1, 0.15) is 23.2 Å². The zero-order valence-corrected chi connectivity index (χ0v) is 10.7. The first-order valence-corrected chi connectivity index (χ1v) is 5.67. The summed E-state index contributed by atoms with van der Waals surface area (Å²) < 4.78 is 10.3.